The number of nitrogens with one attached hydrogen (secondary N) is 2. The van der Waals surface area contributed by atoms with Crippen LogP contribution in [0.1, 0.15) is 5.56 Å². The number of carbonyl (C=O) groups excluding carboxylic acids is 1. The highest BCUT2D eigenvalue weighted by molar-refractivity contribution is 7.14. The lowest BCUT2D eigenvalue weighted by atomic mass is 10.1. The van der Waals surface area contributed by atoms with Gasteiger partial charge in [-0.2, -0.15) is 0 Å². The largest absolute Gasteiger partial charge is 0.361 e. The molecule has 0 aliphatic carbocycles. The number of fused-ring (bicyclic) bond motifs is 1. The van der Waals surface area contributed by atoms with E-state index in [1.54, 1.807) is 12.4 Å². The van der Waals surface area contributed by atoms with E-state index in [-0.39, 0.29) is 5.91 Å². The van der Waals surface area contributed by atoms with Crippen molar-refractivity contribution in [3.8, 4) is 11.3 Å². The number of nitrogens with zero attached hydrogens (tertiary/aromatic N) is 2. The first-order chi connectivity index (χ1) is 11.8. The van der Waals surface area contributed by atoms with Crippen LogP contribution >= 0.6 is 11.3 Å². The molecule has 24 heavy (non-hydrogen) atoms. The van der Waals surface area contributed by atoms with Gasteiger partial charge in [-0.15, -0.1) is 11.3 Å². The summed E-state index contributed by atoms with van der Waals surface area (Å²) < 4.78 is 0. The van der Waals surface area contributed by atoms with Gasteiger partial charge < -0.3 is 10.3 Å². The molecule has 0 aliphatic heterocycles. The molecule has 0 aliphatic rings. The highest BCUT2D eigenvalue weighted by Gasteiger charge is 2.11. The number of hydrogen-bond acceptors (Lipinski definition) is 4. The molecule has 5 nitrogen and oxygen atoms in total. The SMILES string of the molecule is O=C(Cc1c[nH]c2ccccc12)Nc1nc(-c2cccnc2)cs1. The Labute approximate surface area is 142 Å². The van der Waals surface area contributed by atoms with Crippen LogP contribution in [0.4, 0.5) is 5.13 Å². The zero-order valence-electron chi connectivity index (χ0n) is 12.7. The van der Waals surface area contributed by atoms with Crippen molar-refractivity contribution < 1.29 is 4.79 Å². The molecule has 0 unspecified atom stereocenters. The number of hydrogen-bond donors (Lipinski definition) is 2. The number of rotatable bonds is 4. The Hall–Kier alpha value is -2.99. The Balaban J connectivity index is 1.48. The third kappa shape index (κ3) is 2.91. The third-order valence-corrected chi connectivity index (χ3v) is 4.49. The van der Waals surface area contributed by atoms with Crippen molar-refractivity contribution in [1.29, 1.82) is 0 Å². The second-order valence-corrected chi connectivity index (χ2v) is 6.22. The summed E-state index contributed by atoms with van der Waals surface area (Å²) in [5.74, 6) is -0.0770. The minimum absolute atomic E-state index is 0.0770. The first-order valence-corrected chi connectivity index (χ1v) is 8.38. The summed E-state index contributed by atoms with van der Waals surface area (Å²) >= 11 is 1.41. The molecular weight excluding hydrogens is 320 g/mol. The van der Waals surface area contributed by atoms with Crippen LogP contribution in [0.25, 0.3) is 22.2 Å². The Morgan fingerprint density at radius 2 is 2.12 bits per heavy atom. The summed E-state index contributed by atoms with van der Waals surface area (Å²) in [6.45, 7) is 0. The summed E-state index contributed by atoms with van der Waals surface area (Å²) in [7, 11) is 0. The number of carbonyl (C=O) groups is 1. The fraction of sp³-hybridized carbons (Fsp3) is 0.0556. The zero-order chi connectivity index (χ0) is 16.4. The maximum Gasteiger partial charge on any atom is 0.230 e. The first kappa shape index (κ1) is 14.6. The zero-order valence-corrected chi connectivity index (χ0v) is 13.5. The first-order valence-electron chi connectivity index (χ1n) is 7.50. The average molecular weight is 334 g/mol. The van der Waals surface area contributed by atoms with Crippen LogP contribution in [-0.2, 0) is 11.2 Å². The molecule has 0 saturated carbocycles. The normalized spacial score (nSPS) is 10.8. The Morgan fingerprint density at radius 3 is 3.00 bits per heavy atom. The summed E-state index contributed by atoms with van der Waals surface area (Å²) in [4.78, 5) is 24.0. The molecule has 4 rings (SSSR count). The molecule has 3 heterocycles. The van der Waals surface area contributed by atoms with Gasteiger partial charge in [0.25, 0.3) is 0 Å². The maximum absolute atomic E-state index is 12.3. The van der Waals surface area contributed by atoms with Crippen LogP contribution in [-0.4, -0.2) is 20.9 Å². The van der Waals surface area contributed by atoms with E-state index in [9.17, 15) is 4.79 Å². The van der Waals surface area contributed by atoms with Crippen LogP contribution in [0.2, 0.25) is 0 Å². The predicted octanol–water partition coefficient (Wildman–Crippen LogP) is 3.87. The standard InChI is InChI=1S/C18H14N4OS/c23-17(8-13-10-20-15-6-2-1-5-14(13)15)22-18-21-16(11-24-18)12-4-3-7-19-9-12/h1-7,9-11,20H,8H2,(H,21,22,23). The molecule has 0 spiro atoms. The van der Waals surface area contributed by atoms with E-state index in [2.05, 4.69) is 20.3 Å². The van der Waals surface area contributed by atoms with Crippen LogP contribution in [0, 0.1) is 0 Å². The van der Waals surface area contributed by atoms with E-state index in [4.69, 9.17) is 0 Å². The second-order valence-electron chi connectivity index (χ2n) is 5.36. The van der Waals surface area contributed by atoms with Crippen LogP contribution in [0.3, 0.4) is 0 Å². The molecule has 0 saturated heterocycles. The van der Waals surface area contributed by atoms with E-state index in [1.165, 1.54) is 11.3 Å². The van der Waals surface area contributed by atoms with E-state index in [0.29, 0.717) is 11.6 Å². The minimum atomic E-state index is -0.0770. The highest BCUT2D eigenvalue weighted by Crippen LogP contribution is 2.24. The van der Waals surface area contributed by atoms with Crippen molar-refractivity contribution >= 4 is 33.3 Å². The van der Waals surface area contributed by atoms with Crippen molar-refractivity contribution in [1.82, 2.24) is 15.0 Å². The number of anilines is 1. The number of H-pyrrole nitrogens is 1. The highest BCUT2D eigenvalue weighted by atomic mass is 32.1. The lowest BCUT2D eigenvalue weighted by molar-refractivity contribution is -0.115. The van der Waals surface area contributed by atoms with E-state index in [1.807, 2.05) is 48.0 Å². The third-order valence-electron chi connectivity index (χ3n) is 3.73. The number of para-hydroxylation sites is 1. The Morgan fingerprint density at radius 1 is 1.21 bits per heavy atom. The molecule has 4 aromatic rings. The van der Waals surface area contributed by atoms with Gasteiger partial charge >= 0.3 is 0 Å². The lowest BCUT2D eigenvalue weighted by Crippen LogP contribution is -2.14. The molecule has 2 N–H and O–H groups in total. The van der Waals surface area contributed by atoms with Gasteiger partial charge in [-0.3, -0.25) is 9.78 Å². The molecule has 1 aromatic carbocycles. The smallest absolute Gasteiger partial charge is 0.230 e. The van der Waals surface area contributed by atoms with Gasteiger partial charge in [0.15, 0.2) is 5.13 Å². The minimum Gasteiger partial charge on any atom is -0.361 e. The summed E-state index contributed by atoms with van der Waals surface area (Å²) in [6, 6.07) is 11.8. The predicted molar refractivity (Wildman–Crippen MR) is 96.0 cm³/mol. The quantitative estimate of drug-likeness (QED) is 0.595. The summed E-state index contributed by atoms with van der Waals surface area (Å²) in [5, 5.41) is 6.45. The monoisotopic (exact) mass is 334 g/mol. The fourth-order valence-electron chi connectivity index (χ4n) is 2.59. The van der Waals surface area contributed by atoms with Crippen LogP contribution < -0.4 is 5.32 Å². The Kier molecular flexibility index (Phi) is 3.80. The van der Waals surface area contributed by atoms with Gasteiger partial charge in [0.05, 0.1) is 12.1 Å². The van der Waals surface area contributed by atoms with E-state index in [0.717, 1.165) is 27.7 Å². The van der Waals surface area contributed by atoms with Gasteiger partial charge in [-0.25, -0.2) is 4.98 Å². The average Bonchev–Trinajstić information content (AvgIpc) is 3.23. The molecule has 1 amide bonds. The number of benzene rings is 1. The van der Waals surface area contributed by atoms with Crippen LogP contribution in [0.5, 0.6) is 0 Å². The number of aromatic nitrogens is 3. The number of pyridine rings is 1. The maximum atomic E-state index is 12.3. The van der Waals surface area contributed by atoms with Gasteiger partial charge in [0.1, 0.15) is 0 Å². The lowest BCUT2D eigenvalue weighted by Gasteiger charge is -2.01. The van der Waals surface area contributed by atoms with Crippen molar-refractivity contribution in [2.75, 3.05) is 5.32 Å². The van der Waals surface area contributed by atoms with Crippen molar-refractivity contribution in [2.45, 2.75) is 6.42 Å². The fourth-order valence-corrected chi connectivity index (χ4v) is 3.33. The van der Waals surface area contributed by atoms with Crippen molar-refractivity contribution in [2.24, 2.45) is 0 Å². The summed E-state index contributed by atoms with van der Waals surface area (Å²) in [5.41, 5.74) is 3.77. The molecule has 118 valence electrons. The molecule has 0 bridgehead atoms. The second kappa shape index (κ2) is 6.25. The van der Waals surface area contributed by atoms with E-state index < -0.39 is 0 Å². The van der Waals surface area contributed by atoms with Crippen molar-refractivity contribution in [3.05, 3.63) is 65.9 Å². The van der Waals surface area contributed by atoms with Crippen LogP contribution in [0.15, 0.2) is 60.4 Å². The molecule has 3 aromatic heterocycles. The van der Waals surface area contributed by atoms with Gasteiger partial charge in [0, 0.05) is 40.4 Å². The molecule has 0 radical (unpaired) electrons. The van der Waals surface area contributed by atoms with Gasteiger partial charge in [0.2, 0.25) is 5.91 Å². The molecule has 0 atom stereocenters. The van der Waals surface area contributed by atoms with Gasteiger partial charge in [-0.1, -0.05) is 18.2 Å². The summed E-state index contributed by atoms with van der Waals surface area (Å²) in [6.07, 6.45) is 5.67. The number of thiazole rings is 1. The molecular formula is C18H14N4OS. The number of aromatic amines is 1. The molecule has 0 fully saturated rings. The Bertz CT molecular complexity index is 990. The van der Waals surface area contributed by atoms with Crippen molar-refractivity contribution in [3.63, 3.8) is 0 Å². The molecule has 6 heteroatoms. The van der Waals surface area contributed by atoms with Gasteiger partial charge in [-0.05, 0) is 23.8 Å². The van der Waals surface area contributed by atoms with E-state index >= 15 is 0 Å². The number of amides is 1. The topological polar surface area (TPSA) is 70.7 Å².